The van der Waals surface area contributed by atoms with E-state index in [1.165, 1.54) is 0 Å². The van der Waals surface area contributed by atoms with Gasteiger partial charge in [0.1, 0.15) is 12.4 Å². The zero-order chi connectivity index (χ0) is 14.8. The lowest BCUT2D eigenvalue weighted by Gasteiger charge is -2.12. The van der Waals surface area contributed by atoms with Crippen LogP contribution in [0.2, 0.25) is 0 Å². The molecule has 0 bridgehead atoms. The Balaban J connectivity index is 1.57. The number of aromatic nitrogens is 1. The molecule has 1 atom stereocenters. The van der Waals surface area contributed by atoms with Crippen molar-refractivity contribution in [1.29, 1.82) is 0 Å². The van der Waals surface area contributed by atoms with E-state index in [-0.39, 0.29) is 12.1 Å². The molecule has 5 nitrogen and oxygen atoms in total. The van der Waals surface area contributed by atoms with Crippen LogP contribution in [0.15, 0.2) is 24.3 Å². The third kappa shape index (κ3) is 3.00. The fourth-order valence-electron chi connectivity index (χ4n) is 2.39. The van der Waals surface area contributed by atoms with Gasteiger partial charge in [-0.1, -0.05) is 18.2 Å². The second-order valence-corrected chi connectivity index (χ2v) is 6.26. The van der Waals surface area contributed by atoms with Gasteiger partial charge in [-0.2, -0.15) is 0 Å². The first-order chi connectivity index (χ1) is 10.1. The quantitative estimate of drug-likeness (QED) is 0.916. The second kappa shape index (κ2) is 5.73. The first-order valence-electron chi connectivity index (χ1n) is 6.82. The zero-order valence-corrected chi connectivity index (χ0v) is 12.8. The number of hydrogen-bond acceptors (Lipinski definition) is 4. The molecule has 2 amide bonds. The molecule has 1 aromatic carbocycles. The van der Waals surface area contributed by atoms with E-state index in [0.29, 0.717) is 13.2 Å². The lowest BCUT2D eigenvalue weighted by atomic mass is 10.1. The van der Waals surface area contributed by atoms with Gasteiger partial charge in [0.25, 0.3) is 0 Å². The number of nitrogens with zero attached hydrogens (tertiary/aromatic N) is 1. The van der Waals surface area contributed by atoms with E-state index in [4.69, 9.17) is 4.74 Å². The molecule has 2 N–H and O–H groups in total. The molecule has 0 saturated carbocycles. The second-order valence-electron chi connectivity index (χ2n) is 4.97. The average molecular weight is 303 g/mol. The molecule has 0 aliphatic carbocycles. The molecular formula is C15H17N3O2S. The molecule has 0 fully saturated rings. The number of benzene rings is 1. The third-order valence-corrected chi connectivity index (χ3v) is 4.49. The minimum Gasteiger partial charge on any atom is -0.491 e. The Bertz CT molecular complexity index is 669. The fraction of sp³-hybridized carbons (Fsp3) is 0.333. The number of fused-ring (bicyclic) bond motifs is 1. The van der Waals surface area contributed by atoms with Crippen molar-refractivity contribution in [3.05, 3.63) is 45.4 Å². The van der Waals surface area contributed by atoms with Gasteiger partial charge in [-0.25, -0.2) is 9.78 Å². The molecule has 1 aliphatic heterocycles. The third-order valence-electron chi connectivity index (χ3n) is 3.41. The Hall–Kier alpha value is -2.08. The van der Waals surface area contributed by atoms with Crippen molar-refractivity contribution in [2.75, 3.05) is 6.61 Å². The van der Waals surface area contributed by atoms with Crippen LogP contribution in [0.5, 0.6) is 5.75 Å². The summed E-state index contributed by atoms with van der Waals surface area (Å²) in [5.41, 5.74) is 2.00. The Morgan fingerprint density at radius 1 is 1.43 bits per heavy atom. The number of urea groups is 1. The van der Waals surface area contributed by atoms with Crippen molar-refractivity contribution >= 4 is 17.4 Å². The van der Waals surface area contributed by atoms with Crippen LogP contribution >= 0.6 is 11.3 Å². The number of amides is 2. The van der Waals surface area contributed by atoms with Gasteiger partial charge < -0.3 is 15.4 Å². The van der Waals surface area contributed by atoms with E-state index in [0.717, 1.165) is 26.9 Å². The summed E-state index contributed by atoms with van der Waals surface area (Å²) >= 11 is 1.61. The fourth-order valence-corrected chi connectivity index (χ4v) is 3.27. The Morgan fingerprint density at radius 3 is 3.00 bits per heavy atom. The summed E-state index contributed by atoms with van der Waals surface area (Å²) in [6.45, 7) is 4.90. The first-order valence-corrected chi connectivity index (χ1v) is 7.64. The number of carbonyl (C=O) groups excluding carboxylic acids is 1. The van der Waals surface area contributed by atoms with Gasteiger partial charge >= 0.3 is 6.03 Å². The van der Waals surface area contributed by atoms with Crippen molar-refractivity contribution in [3.8, 4) is 5.75 Å². The predicted octanol–water partition coefficient (Wildman–Crippen LogP) is 2.69. The molecule has 3 rings (SSSR count). The maximum absolute atomic E-state index is 12.0. The molecule has 2 heterocycles. The van der Waals surface area contributed by atoms with Crippen LogP contribution in [0.1, 0.15) is 27.2 Å². The highest BCUT2D eigenvalue weighted by atomic mass is 32.1. The lowest BCUT2D eigenvalue weighted by molar-refractivity contribution is 0.232. The van der Waals surface area contributed by atoms with Gasteiger partial charge in [0.15, 0.2) is 0 Å². The van der Waals surface area contributed by atoms with Crippen LogP contribution in [-0.2, 0) is 6.54 Å². The zero-order valence-electron chi connectivity index (χ0n) is 12.0. The van der Waals surface area contributed by atoms with E-state index in [2.05, 4.69) is 15.6 Å². The van der Waals surface area contributed by atoms with Crippen molar-refractivity contribution in [2.24, 2.45) is 0 Å². The van der Waals surface area contributed by atoms with Crippen LogP contribution in [0.4, 0.5) is 4.79 Å². The molecule has 1 aromatic heterocycles. The Morgan fingerprint density at radius 2 is 2.24 bits per heavy atom. The van der Waals surface area contributed by atoms with E-state index in [9.17, 15) is 4.79 Å². The minimum absolute atomic E-state index is 0.0921. The van der Waals surface area contributed by atoms with E-state index >= 15 is 0 Å². The maximum atomic E-state index is 12.0. The van der Waals surface area contributed by atoms with Crippen molar-refractivity contribution < 1.29 is 9.53 Å². The van der Waals surface area contributed by atoms with Crippen LogP contribution in [0.25, 0.3) is 0 Å². The summed E-state index contributed by atoms with van der Waals surface area (Å²) in [5, 5.41) is 6.83. The first kappa shape index (κ1) is 13.9. The summed E-state index contributed by atoms with van der Waals surface area (Å²) in [5.74, 6) is 0.844. The number of hydrogen-bond donors (Lipinski definition) is 2. The number of rotatable bonds is 3. The summed E-state index contributed by atoms with van der Waals surface area (Å²) in [6.07, 6.45) is 0. The van der Waals surface area contributed by atoms with Gasteiger partial charge in [-0.3, -0.25) is 0 Å². The van der Waals surface area contributed by atoms with Crippen molar-refractivity contribution in [1.82, 2.24) is 15.6 Å². The number of aryl methyl sites for hydroxylation is 2. The molecule has 1 unspecified atom stereocenters. The summed E-state index contributed by atoms with van der Waals surface area (Å²) < 4.78 is 5.55. The van der Waals surface area contributed by atoms with Gasteiger partial charge in [-0.05, 0) is 19.9 Å². The molecule has 110 valence electrons. The smallest absolute Gasteiger partial charge is 0.315 e. The Kier molecular flexibility index (Phi) is 3.79. The summed E-state index contributed by atoms with van der Waals surface area (Å²) in [6, 6.07) is 7.48. The number of carbonyl (C=O) groups is 1. The SMILES string of the molecule is Cc1nc(C)c(CNC(=O)NC2COc3ccccc32)s1. The summed E-state index contributed by atoms with van der Waals surface area (Å²) in [4.78, 5) is 17.4. The highest BCUT2D eigenvalue weighted by Crippen LogP contribution is 2.31. The van der Waals surface area contributed by atoms with Gasteiger partial charge in [0, 0.05) is 10.4 Å². The molecule has 2 aromatic rings. The molecular weight excluding hydrogens is 286 g/mol. The van der Waals surface area contributed by atoms with E-state index in [1.807, 2.05) is 38.1 Å². The molecule has 1 aliphatic rings. The van der Waals surface area contributed by atoms with Crippen molar-refractivity contribution in [2.45, 2.75) is 26.4 Å². The van der Waals surface area contributed by atoms with Crippen LogP contribution in [0, 0.1) is 13.8 Å². The van der Waals surface area contributed by atoms with Crippen LogP contribution in [-0.4, -0.2) is 17.6 Å². The molecule has 0 saturated heterocycles. The van der Waals surface area contributed by atoms with E-state index in [1.54, 1.807) is 11.3 Å². The maximum Gasteiger partial charge on any atom is 0.315 e. The Labute approximate surface area is 127 Å². The molecule has 6 heteroatoms. The monoisotopic (exact) mass is 303 g/mol. The molecule has 0 radical (unpaired) electrons. The van der Waals surface area contributed by atoms with Crippen LogP contribution < -0.4 is 15.4 Å². The number of ether oxygens (including phenoxy) is 1. The molecule has 0 spiro atoms. The largest absolute Gasteiger partial charge is 0.491 e. The number of nitrogens with one attached hydrogen (secondary N) is 2. The number of para-hydroxylation sites is 1. The summed E-state index contributed by atoms with van der Waals surface area (Å²) in [7, 11) is 0. The highest BCUT2D eigenvalue weighted by molar-refractivity contribution is 7.11. The van der Waals surface area contributed by atoms with E-state index < -0.39 is 0 Å². The van der Waals surface area contributed by atoms with Crippen molar-refractivity contribution in [3.63, 3.8) is 0 Å². The normalized spacial score (nSPS) is 16.2. The topological polar surface area (TPSA) is 63.2 Å². The van der Waals surface area contributed by atoms with Gasteiger partial charge in [0.05, 0.1) is 23.3 Å². The van der Waals surface area contributed by atoms with Crippen LogP contribution in [0.3, 0.4) is 0 Å². The predicted molar refractivity (Wildman–Crippen MR) is 81.6 cm³/mol. The standard InChI is InChI=1S/C15H17N3O2S/c1-9-14(21-10(2)17-9)7-16-15(19)18-12-8-20-13-6-4-3-5-11(12)13/h3-6,12H,7-8H2,1-2H3,(H2,16,18,19). The molecule has 21 heavy (non-hydrogen) atoms. The highest BCUT2D eigenvalue weighted by Gasteiger charge is 2.24. The average Bonchev–Trinajstić information content (AvgIpc) is 3.00. The lowest BCUT2D eigenvalue weighted by Crippen LogP contribution is -2.38. The van der Waals surface area contributed by atoms with Gasteiger partial charge in [0.2, 0.25) is 0 Å². The minimum atomic E-state index is -0.189. The number of thiazole rings is 1. The van der Waals surface area contributed by atoms with Gasteiger partial charge in [-0.15, -0.1) is 11.3 Å².